The minimum absolute atomic E-state index is 0.440. The minimum atomic E-state index is -0.821. The first kappa shape index (κ1) is 13.6. The van der Waals surface area contributed by atoms with Crippen LogP contribution < -0.4 is 11.2 Å². The van der Waals surface area contributed by atoms with Crippen LogP contribution in [0.25, 0.3) is 0 Å². The highest BCUT2D eigenvalue weighted by Crippen LogP contribution is 2.24. The summed E-state index contributed by atoms with van der Waals surface area (Å²) in [5.41, 5.74) is -0.957. The smallest absolute Gasteiger partial charge is 0.330 e. The van der Waals surface area contributed by atoms with Gasteiger partial charge in [-0.05, 0) is 6.42 Å². The maximum Gasteiger partial charge on any atom is 0.330 e. The fourth-order valence-corrected chi connectivity index (χ4v) is 1.46. The molecule has 0 saturated carbocycles. The summed E-state index contributed by atoms with van der Waals surface area (Å²) in [4.78, 5) is 24.2. The van der Waals surface area contributed by atoms with Crippen LogP contribution in [0.1, 0.15) is 19.1 Å². The van der Waals surface area contributed by atoms with Crippen LogP contribution in [-0.4, -0.2) is 38.0 Å². The van der Waals surface area contributed by atoms with Gasteiger partial charge in [-0.1, -0.05) is 0 Å². The molecule has 8 heteroatoms. The molecular weight excluding hydrogens is 232 g/mol. The van der Waals surface area contributed by atoms with E-state index in [9.17, 15) is 9.59 Å². The Hall–Kier alpha value is -1.48. The summed E-state index contributed by atoms with van der Waals surface area (Å²) in [6, 6.07) is 1.25. The molecule has 2 heterocycles. The van der Waals surface area contributed by atoms with Crippen molar-refractivity contribution in [1.29, 1.82) is 0 Å². The summed E-state index contributed by atoms with van der Waals surface area (Å²) < 4.78 is 6.33. The number of nitrogens with zero attached hydrogens (tertiary/aromatic N) is 1. The van der Waals surface area contributed by atoms with E-state index < -0.39 is 30.6 Å². The summed E-state index contributed by atoms with van der Waals surface area (Å²) in [7, 11) is 0. The third-order valence-electron chi connectivity index (χ3n) is 2.14. The number of aliphatic hydroxyl groups excluding tert-OH is 2. The van der Waals surface area contributed by atoms with Crippen LogP contribution in [0.4, 0.5) is 0 Å². The summed E-state index contributed by atoms with van der Waals surface area (Å²) in [6.07, 6.45) is 1.13. The van der Waals surface area contributed by atoms with Gasteiger partial charge in [-0.15, -0.1) is 0 Å². The largest absolute Gasteiger partial charge is 0.371 e. The van der Waals surface area contributed by atoms with Crippen LogP contribution in [0.15, 0.2) is 21.9 Å². The van der Waals surface area contributed by atoms with Crippen molar-refractivity contribution in [3.63, 3.8) is 0 Å². The zero-order valence-corrected chi connectivity index (χ0v) is 8.94. The van der Waals surface area contributed by atoms with E-state index in [4.69, 9.17) is 20.1 Å². The second-order valence-corrected chi connectivity index (χ2v) is 3.28. The fraction of sp³-hybridized carbons (Fsp3) is 0.556. The molecule has 0 radical (unpaired) electrons. The highest BCUT2D eigenvalue weighted by atomic mass is 16.6. The van der Waals surface area contributed by atoms with E-state index in [1.54, 1.807) is 0 Å². The molecule has 2 rings (SSSR count). The van der Waals surface area contributed by atoms with E-state index >= 15 is 0 Å². The molecule has 1 aliphatic rings. The lowest BCUT2D eigenvalue weighted by Crippen LogP contribution is -2.31. The van der Waals surface area contributed by atoms with Gasteiger partial charge in [0.1, 0.15) is 13.0 Å². The van der Waals surface area contributed by atoms with Crippen LogP contribution >= 0.6 is 0 Å². The number of hydrogen-bond donors (Lipinski definition) is 4. The van der Waals surface area contributed by atoms with Crippen molar-refractivity contribution in [2.45, 2.75) is 25.4 Å². The van der Waals surface area contributed by atoms with Crippen molar-refractivity contribution in [3.05, 3.63) is 33.1 Å². The van der Waals surface area contributed by atoms with Gasteiger partial charge in [-0.25, -0.2) is 4.79 Å². The Labute approximate surface area is 95.7 Å². The van der Waals surface area contributed by atoms with Gasteiger partial charge in [0, 0.05) is 18.7 Å². The second-order valence-electron chi connectivity index (χ2n) is 3.28. The molecule has 17 heavy (non-hydrogen) atoms. The molecular formula is C9H14N2O6. The van der Waals surface area contributed by atoms with E-state index in [0.717, 1.165) is 0 Å². The van der Waals surface area contributed by atoms with Gasteiger partial charge < -0.3 is 20.1 Å². The monoisotopic (exact) mass is 246 g/mol. The zero-order chi connectivity index (χ0) is 12.8. The van der Waals surface area contributed by atoms with Crippen LogP contribution in [0, 0.1) is 0 Å². The molecule has 0 bridgehead atoms. The first-order chi connectivity index (χ1) is 8.08. The molecule has 1 fully saturated rings. The molecule has 96 valence electrons. The molecule has 0 aromatic carbocycles. The Bertz CT molecular complexity index is 453. The zero-order valence-electron chi connectivity index (χ0n) is 8.94. The predicted molar refractivity (Wildman–Crippen MR) is 56.0 cm³/mol. The van der Waals surface area contributed by atoms with E-state index in [1.165, 1.54) is 16.8 Å². The lowest BCUT2D eigenvalue weighted by Gasteiger charge is -2.12. The van der Waals surface area contributed by atoms with Crippen molar-refractivity contribution in [2.24, 2.45) is 0 Å². The normalized spacial score (nSPS) is 23.0. The van der Waals surface area contributed by atoms with Crippen molar-refractivity contribution >= 4 is 0 Å². The molecule has 0 spiro atoms. The lowest BCUT2D eigenvalue weighted by molar-refractivity contribution is -0.113. The van der Waals surface area contributed by atoms with Gasteiger partial charge in [0.2, 0.25) is 0 Å². The van der Waals surface area contributed by atoms with Crippen molar-refractivity contribution in [3.8, 4) is 0 Å². The number of rotatable bonds is 1. The van der Waals surface area contributed by atoms with Gasteiger partial charge in [0.05, 0.1) is 0 Å². The minimum Gasteiger partial charge on any atom is -0.371 e. The Balaban J connectivity index is 0.000000437. The average Bonchev–Trinajstić information content (AvgIpc) is 2.66. The van der Waals surface area contributed by atoms with E-state index in [2.05, 4.69) is 4.98 Å². The number of nitrogens with one attached hydrogen (secondary N) is 1. The molecule has 2 atom stereocenters. The molecule has 1 saturated heterocycles. The standard InChI is InChI=1S/C8H10N2O4.CH4O2/c11-5-3-4-10(8(13)9-5)6-1-2-7(12)14-6;2-1-3/h3-4,6-7,12H,1-2H2,(H,9,11,13);2-3H,1H2/t6?,7-;/m0./s1. The van der Waals surface area contributed by atoms with E-state index in [0.29, 0.717) is 12.8 Å². The lowest BCUT2D eigenvalue weighted by atomic mass is 10.3. The molecule has 1 aliphatic heterocycles. The average molecular weight is 246 g/mol. The van der Waals surface area contributed by atoms with Crippen LogP contribution in [0.3, 0.4) is 0 Å². The Morgan fingerprint density at radius 2 is 2.06 bits per heavy atom. The quantitative estimate of drug-likeness (QED) is 0.429. The number of aliphatic hydroxyl groups is 3. The number of ether oxygens (including phenoxy) is 1. The van der Waals surface area contributed by atoms with Gasteiger partial charge >= 0.3 is 5.69 Å². The SMILES string of the molecule is O=c1ccn(C2CC[C@@H](O)O2)c(=O)[nH]1.OCO. The maximum atomic E-state index is 11.3. The third-order valence-corrected chi connectivity index (χ3v) is 2.14. The van der Waals surface area contributed by atoms with Crippen LogP contribution in [-0.2, 0) is 4.74 Å². The van der Waals surface area contributed by atoms with Crippen molar-refractivity contribution in [2.75, 3.05) is 6.79 Å². The molecule has 1 aromatic heterocycles. The highest BCUT2D eigenvalue weighted by molar-refractivity contribution is 4.85. The maximum absolute atomic E-state index is 11.3. The van der Waals surface area contributed by atoms with Gasteiger partial charge in [-0.3, -0.25) is 14.3 Å². The molecule has 4 N–H and O–H groups in total. The topological polar surface area (TPSA) is 125 Å². The predicted octanol–water partition coefficient (Wildman–Crippen LogP) is -1.91. The van der Waals surface area contributed by atoms with Crippen molar-refractivity contribution in [1.82, 2.24) is 9.55 Å². The first-order valence-electron chi connectivity index (χ1n) is 4.95. The molecule has 0 amide bonds. The van der Waals surface area contributed by atoms with E-state index in [1.807, 2.05) is 0 Å². The van der Waals surface area contributed by atoms with E-state index in [-0.39, 0.29) is 0 Å². The number of H-pyrrole nitrogens is 1. The summed E-state index contributed by atoms with van der Waals surface area (Å²) in [6.45, 7) is -0.750. The summed E-state index contributed by atoms with van der Waals surface area (Å²) in [5.74, 6) is 0. The number of aromatic amines is 1. The highest BCUT2D eigenvalue weighted by Gasteiger charge is 2.25. The van der Waals surface area contributed by atoms with Crippen molar-refractivity contribution < 1.29 is 20.1 Å². The summed E-state index contributed by atoms with van der Waals surface area (Å²) in [5, 5.41) is 23.3. The third kappa shape index (κ3) is 3.79. The van der Waals surface area contributed by atoms with Gasteiger partial charge in [0.25, 0.3) is 5.56 Å². The molecule has 1 aromatic rings. The molecule has 1 unspecified atom stereocenters. The Morgan fingerprint density at radius 3 is 2.53 bits per heavy atom. The molecule has 8 nitrogen and oxygen atoms in total. The fourth-order valence-electron chi connectivity index (χ4n) is 1.46. The van der Waals surface area contributed by atoms with Crippen LogP contribution in [0.2, 0.25) is 0 Å². The van der Waals surface area contributed by atoms with Crippen LogP contribution in [0.5, 0.6) is 0 Å². The molecule has 0 aliphatic carbocycles. The first-order valence-corrected chi connectivity index (χ1v) is 4.95. The second kappa shape index (κ2) is 6.30. The Kier molecular flexibility index (Phi) is 5.04. The number of aromatic nitrogens is 2. The number of hydrogen-bond acceptors (Lipinski definition) is 6. The summed E-state index contributed by atoms with van der Waals surface area (Å²) >= 11 is 0. The Morgan fingerprint density at radius 1 is 1.41 bits per heavy atom. The van der Waals surface area contributed by atoms with Gasteiger partial charge in [0.15, 0.2) is 6.29 Å². The van der Waals surface area contributed by atoms with Gasteiger partial charge in [-0.2, -0.15) is 0 Å².